The van der Waals surface area contributed by atoms with Crippen LogP contribution in [0.25, 0.3) is 0 Å². The lowest BCUT2D eigenvalue weighted by Gasteiger charge is -2.49. The average Bonchev–Trinajstić information content (AvgIpc) is 2.97. The van der Waals surface area contributed by atoms with Crippen LogP contribution in [-0.2, 0) is 20.8 Å². The predicted octanol–water partition coefficient (Wildman–Crippen LogP) is 3.15. The third kappa shape index (κ3) is 3.61. The van der Waals surface area contributed by atoms with Gasteiger partial charge < -0.3 is 11.1 Å². The van der Waals surface area contributed by atoms with Crippen LogP contribution in [-0.4, -0.2) is 34.6 Å². The van der Waals surface area contributed by atoms with Crippen LogP contribution in [0.15, 0.2) is 54.6 Å². The van der Waals surface area contributed by atoms with E-state index >= 15 is 0 Å². The molecule has 2 aromatic rings. The van der Waals surface area contributed by atoms with Gasteiger partial charge in [-0.3, -0.25) is 24.1 Å². The summed E-state index contributed by atoms with van der Waals surface area (Å²) in [6.45, 7) is 5.83. The Balaban J connectivity index is 1.73. The number of hydrogen-bond acceptors (Lipinski definition) is 4. The van der Waals surface area contributed by atoms with Gasteiger partial charge in [0.15, 0.2) is 0 Å². The number of primary amides is 1. The molecule has 0 spiro atoms. The molecule has 33 heavy (non-hydrogen) atoms. The van der Waals surface area contributed by atoms with Crippen LogP contribution in [0.1, 0.15) is 49.5 Å². The molecule has 3 atom stereocenters. The quantitative estimate of drug-likeness (QED) is 0.663. The second kappa shape index (κ2) is 8.14. The fourth-order valence-electron chi connectivity index (χ4n) is 5.31. The lowest BCUT2D eigenvalue weighted by atomic mass is 9.62. The number of nitrogens with two attached hydrogens (primary N) is 1. The van der Waals surface area contributed by atoms with Crippen molar-refractivity contribution in [3.63, 3.8) is 0 Å². The van der Waals surface area contributed by atoms with E-state index in [4.69, 9.17) is 5.73 Å². The summed E-state index contributed by atoms with van der Waals surface area (Å²) >= 11 is 0. The molecule has 2 bridgehead atoms. The zero-order chi connectivity index (χ0) is 24.0. The maximum atomic E-state index is 13.7. The molecule has 1 heterocycles. The number of anilines is 1. The Morgan fingerprint density at radius 3 is 2.36 bits per heavy atom. The van der Waals surface area contributed by atoms with E-state index in [2.05, 4.69) is 5.32 Å². The number of para-hydroxylation sites is 1. The summed E-state index contributed by atoms with van der Waals surface area (Å²) in [5, 5.41) is 2.75. The van der Waals surface area contributed by atoms with E-state index < -0.39 is 28.7 Å². The van der Waals surface area contributed by atoms with Gasteiger partial charge in [0.05, 0.1) is 16.7 Å². The third-order valence-electron chi connectivity index (χ3n) is 7.79. The standard InChI is InChI=1S/C26H29N3O4/c1-25(2)18-13-14-26(25,3)24(33)29(23(18)32)20(15-16-9-5-4-6-10-16)22(31)28-19-12-8-7-11-17(19)21(27)30/h4-12,18,20H,13-15H2,1-3H3,(H2,27,30)(H,28,31). The van der Waals surface area contributed by atoms with Gasteiger partial charge in [0, 0.05) is 12.3 Å². The minimum atomic E-state index is -1.05. The molecule has 4 rings (SSSR count). The maximum Gasteiger partial charge on any atom is 0.250 e. The highest BCUT2D eigenvalue weighted by molar-refractivity contribution is 6.10. The first-order valence-corrected chi connectivity index (χ1v) is 11.2. The van der Waals surface area contributed by atoms with Crippen molar-refractivity contribution in [2.75, 3.05) is 5.32 Å². The smallest absolute Gasteiger partial charge is 0.250 e. The van der Waals surface area contributed by atoms with Gasteiger partial charge in [0.1, 0.15) is 6.04 Å². The second-order valence-electron chi connectivity index (χ2n) is 9.76. The van der Waals surface area contributed by atoms with Crippen LogP contribution in [0, 0.1) is 16.7 Å². The van der Waals surface area contributed by atoms with Crippen molar-refractivity contribution in [2.45, 2.75) is 46.1 Å². The third-order valence-corrected chi connectivity index (χ3v) is 7.79. The van der Waals surface area contributed by atoms with Gasteiger partial charge in [-0.1, -0.05) is 63.2 Å². The number of likely N-dealkylation sites (tertiary alicyclic amines) is 1. The lowest BCUT2D eigenvalue weighted by molar-refractivity contribution is -0.172. The molecule has 1 saturated heterocycles. The van der Waals surface area contributed by atoms with Gasteiger partial charge in [-0.05, 0) is 36.0 Å². The molecule has 1 aliphatic carbocycles. The fraction of sp³-hybridized carbons (Fsp3) is 0.385. The molecule has 3 unspecified atom stereocenters. The Hall–Kier alpha value is -3.48. The van der Waals surface area contributed by atoms with E-state index in [0.717, 1.165) is 5.56 Å². The molecule has 0 radical (unpaired) electrons. The normalized spacial score (nSPS) is 24.5. The number of nitrogens with one attached hydrogen (secondary N) is 1. The highest BCUT2D eigenvalue weighted by Gasteiger charge is 2.65. The minimum absolute atomic E-state index is 0.161. The number of carbonyl (C=O) groups is 4. The SMILES string of the molecule is CC12CCC(C(=O)N(C(Cc3ccccc3)C(=O)Nc3ccccc3C(N)=O)C1=O)C2(C)C. The van der Waals surface area contributed by atoms with Crippen molar-refractivity contribution in [1.29, 1.82) is 0 Å². The molecule has 1 saturated carbocycles. The molecular formula is C26H29N3O4. The Morgan fingerprint density at radius 2 is 1.70 bits per heavy atom. The monoisotopic (exact) mass is 447 g/mol. The van der Waals surface area contributed by atoms with Crippen molar-refractivity contribution in [3.8, 4) is 0 Å². The first-order chi connectivity index (χ1) is 15.6. The summed E-state index contributed by atoms with van der Waals surface area (Å²) < 4.78 is 0. The first-order valence-electron chi connectivity index (χ1n) is 11.2. The zero-order valence-corrected chi connectivity index (χ0v) is 19.1. The van der Waals surface area contributed by atoms with Crippen LogP contribution in [0.2, 0.25) is 0 Å². The van der Waals surface area contributed by atoms with Gasteiger partial charge in [0.25, 0.3) is 5.91 Å². The number of imide groups is 1. The number of benzene rings is 2. The van der Waals surface area contributed by atoms with Gasteiger partial charge in [-0.2, -0.15) is 0 Å². The van der Waals surface area contributed by atoms with Crippen LogP contribution in [0.5, 0.6) is 0 Å². The van der Waals surface area contributed by atoms with Crippen LogP contribution < -0.4 is 11.1 Å². The van der Waals surface area contributed by atoms with E-state index in [1.54, 1.807) is 18.2 Å². The molecule has 1 aliphatic heterocycles. The number of piperidine rings is 1. The van der Waals surface area contributed by atoms with Gasteiger partial charge in [0.2, 0.25) is 17.7 Å². The summed E-state index contributed by atoms with van der Waals surface area (Å²) in [5.41, 5.74) is 5.48. The fourth-order valence-corrected chi connectivity index (χ4v) is 5.31. The number of fused-ring (bicyclic) bond motifs is 2. The molecule has 3 N–H and O–H groups in total. The molecule has 7 heteroatoms. The molecule has 4 amide bonds. The van der Waals surface area contributed by atoms with Gasteiger partial charge >= 0.3 is 0 Å². The van der Waals surface area contributed by atoms with Crippen molar-refractivity contribution < 1.29 is 19.2 Å². The molecular weight excluding hydrogens is 418 g/mol. The van der Waals surface area contributed by atoms with E-state index in [9.17, 15) is 19.2 Å². The molecule has 2 aliphatic rings. The van der Waals surface area contributed by atoms with Crippen molar-refractivity contribution in [1.82, 2.24) is 4.90 Å². The Morgan fingerprint density at radius 1 is 1.06 bits per heavy atom. The lowest BCUT2D eigenvalue weighted by Crippen LogP contribution is -2.64. The van der Waals surface area contributed by atoms with Crippen LogP contribution in [0.3, 0.4) is 0 Å². The van der Waals surface area contributed by atoms with Gasteiger partial charge in [-0.25, -0.2) is 0 Å². The summed E-state index contributed by atoms with van der Waals surface area (Å²) in [5.74, 6) is -2.16. The summed E-state index contributed by atoms with van der Waals surface area (Å²) in [6, 6.07) is 14.6. The average molecular weight is 448 g/mol. The number of carbonyl (C=O) groups excluding carboxylic acids is 4. The van der Waals surface area contributed by atoms with Gasteiger partial charge in [-0.15, -0.1) is 0 Å². The topological polar surface area (TPSA) is 110 Å². The maximum absolute atomic E-state index is 13.7. The molecule has 2 aromatic carbocycles. The van der Waals surface area contributed by atoms with Crippen LogP contribution in [0.4, 0.5) is 5.69 Å². The summed E-state index contributed by atoms with van der Waals surface area (Å²) in [7, 11) is 0. The molecule has 172 valence electrons. The largest absolute Gasteiger partial charge is 0.366 e. The van der Waals surface area contributed by atoms with E-state index in [1.165, 1.54) is 11.0 Å². The molecule has 2 fully saturated rings. The highest BCUT2D eigenvalue weighted by atomic mass is 16.2. The second-order valence-corrected chi connectivity index (χ2v) is 9.76. The highest BCUT2D eigenvalue weighted by Crippen LogP contribution is 2.60. The van der Waals surface area contributed by atoms with E-state index in [1.807, 2.05) is 51.1 Å². The Kier molecular flexibility index (Phi) is 5.60. The number of nitrogens with zero attached hydrogens (tertiary/aromatic N) is 1. The first kappa shape index (κ1) is 22.7. The Bertz CT molecular complexity index is 1130. The summed E-state index contributed by atoms with van der Waals surface area (Å²) in [6.07, 6.45) is 1.40. The van der Waals surface area contributed by atoms with Crippen molar-refractivity contribution in [2.24, 2.45) is 22.5 Å². The van der Waals surface area contributed by atoms with Crippen LogP contribution >= 0.6 is 0 Å². The number of hydrogen-bond donors (Lipinski definition) is 2. The summed E-state index contributed by atoms with van der Waals surface area (Å²) in [4.78, 5) is 53.9. The minimum Gasteiger partial charge on any atom is -0.366 e. The van der Waals surface area contributed by atoms with E-state index in [-0.39, 0.29) is 35.4 Å². The van der Waals surface area contributed by atoms with E-state index in [0.29, 0.717) is 12.8 Å². The van der Waals surface area contributed by atoms with Crippen molar-refractivity contribution >= 4 is 29.3 Å². The number of amides is 4. The Labute approximate surface area is 193 Å². The van der Waals surface area contributed by atoms with Crippen molar-refractivity contribution in [3.05, 3.63) is 65.7 Å². The molecule has 7 nitrogen and oxygen atoms in total. The predicted molar refractivity (Wildman–Crippen MR) is 124 cm³/mol. The number of rotatable bonds is 6. The zero-order valence-electron chi connectivity index (χ0n) is 19.1. The molecule has 0 aromatic heterocycles.